The van der Waals surface area contributed by atoms with Crippen LogP contribution in [0.2, 0.25) is 5.02 Å². The number of halogens is 1. The Kier molecular flexibility index (Phi) is 6.70. The van der Waals surface area contributed by atoms with Crippen molar-refractivity contribution in [3.05, 3.63) is 74.9 Å². The van der Waals surface area contributed by atoms with Crippen molar-refractivity contribution in [2.75, 3.05) is 25.5 Å². The highest BCUT2D eigenvalue weighted by atomic mass is 35.5. The normalized spacial score (nSPS) is 11.4. The number of fused-ring (bicyclic) bond motifs is 2. The molecule has 4 nitrogen and oxygen atoms in total. The number of hydrogen-bond donors (Lipinski definition) is 1. The molecule has 0 saturated carbocycles. The molecule has 1 aromatic heterocycles. The standard InChI is InChI=1S/C26H27ClN2O2S/c1-5-29(6-2)15-17-13-19(9-12-22(17)31-4)28-21-11-7-16(3)26-24(21)25(30)20-10-8-18(27)14-23(20)32-26/h7-14,28H,5-6,15H2,1-4H3. The maximum atomic E-state index is 13.5. The van der Waals surface area contributed by atoms with Crippen LogP contribution in [-0.2, 0) is 6.54 Å². The first-order chi connectivity index (χ1) is 15.4. The topological polar surface area (TPSA) is 41.6 Å². The SMILES string of the molecule is CCN(CC)Cc1cc(Nc2ccc(C)c3sc4cc(Cl)ccc4c(=O)c23)ccc1OC. The van der Waals surface area contributed by atoms with Crippen molar-refractivity contribution in [1.82, 2.24) is 4.90 Å². The van der Waals surface area contributed by atoms with Gasteiger partial charge in [-0.3, -0.25) is 9.69 Å². The minimum absolute atomic E-state index is 0.0218. The maximum Gasteiger partial charge on any atom is 0.197 e. The van der Waals surface area contributed by atoms with Crippen LogP contribution in [0.25, 0.3) is 20.2 Å². The summed E-state index contributed by atoms with van der Waals surface area (Å²) in [5.41, 5.74) is 3.95. The first-order valence-electron chi connectivity index (χ1n) is 10.8. The first-order valence-corrected chi connectivity index (χ1v) is 12.0. The van der Waals surface area contributed by atoms with E-state index in [2.05, 4.69) is 36.2 Å². The second kappa shape index (κ2) is 9.49. The number of hydrogen-bond acceptors (Lipinski definition) is 5. The molecule has 0 aliphatic rings. The van der Waals surface area contributed by atoms with Crippen molar-refractivity contribution < 1.29 is 4.74 Å². The summed E-state index contributed by atoms with van der Waals surface area (Å²) in [5.74, 6) is 0.867. The fraction of sp³-hybridized carbons (Fsp3) is 0.269. The number of anilines is 2. The quantitative estimate of drug-likeness (QED) is 0.298. The molecule has 0 spiro atoms. The summed E-state index contributed by atoms with van der Waals surface area (Å²) in [6.07, 6.45) is 0. The van der Waals surface area contributed by atoms with Gasteiger partial charge in [0.05, 0.1) is 18.2 Å². The first kappa shape index (κ1) is 22.6. The zero-order valence-corrected chi connectivity index (χ0v) is 20.4. The molecule has 1 N–H and O–H groups in total. The third-order valence-corrected chi connectivity index (χ3v) is 7.35. The summed E-state index contributed by atoms with van der Waals surface area (Å²) in [6, 6.07) is 15.6. The van der Waals surface area contributed by atoms with Crippen molar-refractivity contribution in [2.45, 2.75) is 27.3 Å². The third kappa shape index (κ3) is 4.33. The Labute approximate surface area is 197 Å². The molecule has 0 fully saturated rings. The lowest BCUT2D eigenvalue weighted by molar-refractivity contribution is 0.289. The zero-order valence-electron chi connectivity index (χ0n) is 18.8. The smallest absolute Gasteiger partial charge is 0.197 e. The fourth-order valence-corrected chi connectivity index (χ4v) is 5.43. The molecule has 4 rings (SSSR count). The second-order valence-corrected chi connectivity index (χ2v) is 9.31. The average molecular weight is 467 g/mol. The van der Waals surface area contributed by atoms with Gasteiger partial charge in [0.2, 0.25) is 0 Å². The molecule has 6 heteroatoms. The van der Waals surface area contributed by atoms with Crippen molar-refractivity contribution in [1.29, 1.82) is 0 Å². The van der Waals surface area contributed by atoms with Gasteiger partial charge in [0.1, 0.15) is 5.75 Å². The average Bonchev–Trinajstić information content (AvgIpc) is 2.79. The van der Waals surface area contributed by atoms with Gasteiger partial charge >= 0.3 is 0 Å². The Morgan fingerprint density at radius 2 is 1.84 bits per heavy atom. The van der Waals surface area contributed by atoms with Gasteiger partial charge in [0.15, 0.2) is 5.43 Å². The lowest BCUT2D eigenvalue weighted by Crippen LogP contribution is -2.22. The molecule has 0 aliphatic carbocycles. The van der Waals surface area contributed by atoms with E-state index >= 15 is 0 Å². The maximum absolute atomic E-state index is 13.5. The van der Waals surface area contributed by atoms with Gasteiger partial charge < -0.3 is 10.1 Å². The number of nitrogens with zero attached hydrogens (tertiary/aromatic N) is 1. The predicted octanol–water partition coefficient (Wildman–Crippen LogP) is 6.97. The van der Waals surface area contributed by atoms with E-state index in [4.69, 9.17) is 16.3 Å². The molecule has 0 aliphatic heterocycles. The molecule has 0 saturated heterocycles. The molecule has 166 valence electrons. The number of benzene rings is 3. The molecule has 0 atom stereocenters. The Hall–Kier alpha value is -2.60. The number of aryl methyl sites for hydroxylation is 1. The van der Waals surface area contributed by atoms with E-state index in [1.165, 1.54) is 0 Å². The van der Waals surface area contributed by atoms with Crippen LogP contribution < -0.4 is 15.5 Å². The van der Waals surface area contributed by atoms with Crippen LogP contribution in [-0.4, -0.2) is 25.1 Å². The summed E-state index contributed by atoms with van der Waals surface area (Å²) in [5, 5.41) is 5.54. The summed E-state index contributed by atoms with van der Waals surface area (Å²) in [6.45, 7) is 9.10. The molecule has 4 aromatic rings. The van der Waals surface area contributed by atoms with Gasteiger partial charge in [-0.15, -0.1) is 11.3 Å². The Morgan fingerprint density at radius 1 is 1.06 bits per heavy atom. The molecular weight excluding hydrogens is 440 g/mol. The van der Waals surface area contributed by atoms with Crippen LogP contribution in [0.15, 0.2) is 53.3 Å². The van der Waals surface area contributed by atoms with Crippen LogP contribution in [0, 0.1) is 6.92 Å². The summed E-state index contributed by atoms with van der Waals surface area (Å²) in [4.78, 5) is 15.8. The highest BCUT2D eigenvalue weighted by Gasteiger charge is 2.14. The zero-order chi connectivity index (χ0) is 22.8. The van der Waals surface area contributed by atoms with E-state index in [1.807, 2.05) is 37.3 Å². The van der Waals surface area contributed by atoms with E-state index in [9.17, 15) is 4.79 Å². The fourth-order valence-electron chi connectivity index (χ4n) is 3.98. The van der Waals surface area contributed by atoms with Crippen LogP contribution in [0.1, 0.15) is 25.0 Å². The number of rotatable bonds is 7. The molecule has 0 radical (unpaired) electrons. The summed E-state index contributed by atoms with van der Waals surface area (Å²) < 4.78 is 7.47. The van der Waals surface area contributed by atoms with E-state index in [0.717, 1.165) is 57.3 Å². The Balaban J connectivity index is 1.82. The van der Waals surface area contributed by atoms with Crippen molar-refractivity contribution in [3.63, 3.8) is 0 Å². The summed E-state index contributed by atoms with van der Waals surface area (Å²) in [7, 11) is 1.70. The molecule has 0 bridgehead atoms. The van der Waals surface area contributed by atoms with E-state index in [0.29, 0.717) is 15.8 Å². The highest BCUT2D eigenvalue weighted by molar-refractivity contribution is 7.24. The molecule has 3 aromatic carbocycles. The summed E-state index contributed by atoms with van der Waals surface area (Å²) >= 11 is 7.78. The molecular formula is C26H27ClN2O2S. The Morgan fingerprint density at radius 3 is 2.56 bits per heavy atom. The van der Waals surface area contributed by atoms with Gasteiger partial charge in [0.25, 0.3) is 0 Å². The monoisotopic (exact) mass is 466 g/mol. The number of ether oxygens (including phenoxy) is 1. The lowest BCUT2D eigenvalue weighted by atomic mass is 10.1. The second-order valence-electron chi connectivity index (χ2n) is 7.82. The lowest BCUT2D eigenvalue weighted by Gasteiger charge is -2.20. The van der Waals surface area contributed by atoms with Crippen LogP contribution >= 0.6 is 22.9 Å². The van der Waals surface area contributed by atoms with Gasteiger partial charge in [-0.2, -0.15) is 0 Å². The Bertz CT molecular complexity index is 1350. The van der Waals surface area contributed by atoms with Crippen LogP contribution in [0.3, 0.4) is 0 Å². The largest absolute Gasteiger partial charge is 0.496 e. The van der Waals surface area contributed by atoms with Crippen molar-refractivity contribution in [3.8, 4) is 5.75 Å². The minimum Gasteiger partial charge on any atom is -0.496 e. The molecule has 0 amide bonds. The highest BCUT2D eigenvalue weighted by Crippen LogP contribution is 2.34. The predicted molar refractivity (Wildman–Crippen MR) is 138 cm³/mol. The van der Waals surface area contributed by atoms with E-state index < -0.39 is 0 Å². The van der Waals surface area contributed by atoms with Gasteiger partial charge in [-0.1, -0.05) is 31.5 Å². The van der Waals surface area contributed by atoms with Crippen molar-refractivity contribution >= 4 is 54.5 Å². The van der Waals surface area contributed by atoms with Crippen LogP contribution in [0.5, 0.6) is 5.75 Å². The molecule has 0 unspecified atom stereocenters. The number of methoxy groups -OCH3 is 1. The van der Waals surface area contributed by atoms with Gasteiger partial charge in [-0.05, 0) is 68.0 Å². The molecule has 32 heavy (non-hydrogen) atoms. The molecule has 1 heterocycles. The van der Waals surface area contributed by atoms with Gasteiger partial charge in [-0.25, -0.2) is 0 Å². The van der Waals surface area contributed by atoms with Gasteiger partial charge in [0, 0.05) is 37.6 Å². The minimum atomic E-state index is 0.0218. The van der Waals surface area contributed by atoms with Crippen molar-refractivity contribution in [2.24, 2.45) is 0 Å². The van der Waals surface area contributed by atoms with E-state index in [-0.39, 0.29) is 5.43 Å². The van der Waals surface area contributed by atoms with Crippen LogP contribution in [0.4, 0.5) is 11.4 Å². The number of nitrogens with one attached hydrogen (secondary N) is 1. The van der Waals surface area contributed by atoms with E-state index in [1.54, 1.807) is 24.5 Å². The third-order valence-electron chi connectivity index (χ3n) is 5.83.